The van der Waals surface area contributed by atoms with Gasteiger partial charge in [-0.25, -0.2) is 0 Å². The van der Waals surface area contributed by atoms with E-state index in [4.69, 9.17) is 10.2 Å². The van der Waals surface area contributed by atoms with E-state index in [1.807, 2.05) is 62.4 Å². The highest BCUT2D eigenvalue weighted by atomic mass is 16.4. The molecule has 0 bridgehead atoms. The Bertz CT molecular complexity index is 672. The summed E-state index contributed by atoms with van der Waals surface area (Å²) in [5.41, 5.74) is 7.83. The Balaban J connectivity index is 1.97. The fourth-order valence-electron chi connectivity index (χ4n) is 2.28. The van der Waals surface area contributed by atoms with Crippen LogP contribution in [0.3, 0.4) is 0 Å². The number of nitrogens with zero attached hydrogens (tertiary/aromatic N) is 2. The molecule has 1 aliphatic rings. The fraction of sp³-hybridized carbons (Fsp3) is 0.250. The fourth-order valence-corrected chi connectivity index (χ4v) is 2.28. The highest BCUT2D eigenvalue weighted by Gasteiger charge is 2.37. The molecular formula is C16H17N3O. The Hall–Kier alpha value is -2.20. The minimum atomic E-state index is -0.459. The molecule has 0 aliphatic heterocycles. The van der Waals surface area contributed by atoms with Crippen LogP contribution in [0.1, 0.15) is 19.7 Å². The smallest absolute Gasteiger partial charge is 0.247 e. The molecule has 1 heterocycles. The quantitative estimate of drug-likeness (QED) is 0.908. The molecule has 0 radical (unpaired) electrons. The molecule has 0 saturated carbocycles. The van der Waals surface area contributed by atoms with Gasteiger partial charge < -0.3 is 10.2 Å². The molecule has 20 heavy (non-hydrogen) atoms. The highest BCUT2D eigenvalue weighted by Crippen LogP contribution is 2.33. The molecule has 4 heteroatoms. The number of aromatic nitrogens is 2. The van der Waals surface area contributed by atoms with Crippen LogP contribution in [0.2, 0.25) is 0 Å². The van der Waals surface area contributed by atoms with Gasteiger partial charge >= 0.3 is 0 Å². The summed E-state index contributed by atoms with van der Waals surface area (Å²) in [6.07, 6.45) is 6.09. The van der Waals surface area contributed by atoms with E-state index in [9.17, 15) is 0 Å². The van der Waals surface area contributed by atoms with Crippen LogP contribution >= 0.6 is 0 Å². The van der Waals surface area contributed by atoms with E-state index >= 15 is 0 Å². The van der Waals surface area contributed by atoms with E-state index in [-0.39, 0.29) is 6.04 Å². The van der Waals surface area contributed by atoms with Gasteiger partial charge in [0.2, 0.25) is 11.8 Å². The number of hydrogen-bond acceptors (Lipinski definition) is 4. The second kappa shape index (κ2) is 4.72. The molecule has 2 N–H and O–H groups in total. The predicted molar refractivity (Wildman–Crippen MR) is 78.0 cm³/mol. The molecule has 4 nitrogen and oxygen atoms in total. The second-order valence-electron chi connectivity index (χ2n) is 5.33. The summed E-state index contributed by atoms with van der Waals surface area (Å²) in [6.45, 7) is 4.04. The van der Waals surface area contributed by atoms with E-state index in [2.05, 4.69) is 10.2 Å². The first kappa shape index (κ1) is 12.8. The first-order valence-electron chi connectivity index (χ1n) is 6.62. The third-order valence-corrected chi connectivity index (χ3v) is 3.73. The van der Waals surface area contributed by atoms with Crippen molar-refractivity contribution in [3.63, 3.8) is 0 Å². The van der Waals surface area contributed by atoms with Gasteiger partial charge in [0.1, 0.15) is 0 Å². The van der Waals surface area contributed by atoms with Gasteiger partial charge in [-0.05, 0) is 26.0 Å². The molecule has 3 rings (SSSR count). The van der Waals surface area contributed by atoms with Crippen molar-refractivity contribution < 1.29 is 4.42 Å². The standard InChI is InChI=1S/C16H17N3O/c1-11-8-9-16(2,13(17)10-11)15-19-18-14(20-15)12-6-4-3-5-7-12/h3-10,13H,17H2,1-2H3. The molecule has 1 aliphatic carbocycles. The molecule has 2 unspecified atom stereocenters. The van der Waals surface area contributed by atoms with Crippen molar-refractivity contribution in [1.29, 1.82) is 0 Å². The topological polar surface area (TPSA) is 64.9 Å². The van der Waals surface area contributed by atoms with Crippen LogP contribution in [0.15, 0.2) is 58.6 Å². The van der Waals surface area contributed by atoms with Gasteiger partial charge in [-0.3, -0.25) is 0 Å². The summed E-state index contributed by atoms with van der Waals surface area (Å²) in [6, 6.07) is 9.56. The minimum absolute atomic E-state index is 0.170. The van der Waals surface area contributed by atoms with Crippen LogP contribution in [-0.2, 0) is 5.41 Å². The average Bonchev–Trinajstić information content (AvgIpc) is 2.95. The molecular weight excluding hydrogens is 250 g/mol. The first-order chi connectivity index (χ1) is 9.59. The number of rotatable bonds is 2. The number of nitrogens with two attached hydrogens (primary N) is 1. The maximum absolute atomic E-state index is 6.23. The van der Waals surface area contributed by atoms with Crippen molar-refractivity contribution >= 4 is 0 Å². The molecule has 1 aromatic heterocycles. The minimum Gasteiger partial charge on any atom is -0.420 e. The lowest BCUT2D eigenvalue weighted by molar-refractivity contribution is 0.378. The van der Waals surface area contributed by atoms with Crippen LogP contribution in [0.25, 0.3) is 11.5 Å². The molecule has 0 spiro atoms. The van der Waals surface area contributed by atoms with Crippen molar-refractivity contribution in [3.8, 4) is 11.5 Å². The zero-order valence-corrected chi connectivity index (χ0v) is 11.6. The van der Waals surface area contributed by atoms with Crippen molar-refractivity contribution in [2.24, 2.45) is 5.73 Å². The Morgan fingerprint density at radius 3 is 2.65 bits per heavy atom. The second-order valence-corrected chi connectivity index (χ2v) is 5.33. The van der Waals surface area contributed by atoms with E-state index in [1.54, 1.807) is 0 Å². The molecule has 0 fully saturated rings. The SMILES string of the molecule is CC1=CC(N)C(C)(c2nnc(-c3ccccc3)o2)C=C1. The number of hydrogen-bond donors (Lipinski definition) is 1. The zero-order chi connectivity index (χ0) is 14.2. The van der Waals surface area contributed by atoms with E-state index in [0.29, 0.717) is 11.8 Å². The Kier molecular flexibility index (Phi) is 3.03. The van der Waals surface area contributed by atoms with E-state index in [0.717, 1.165) is 11.1 Å². The van der Waals surface area contributed by atoms with Crippen LogP contribution in [-0.4, -0.2) is 16.2 Å². The van der Waals surface area contributed by atoms with Gasteiger partial charge in [-0.1, -0.05) is 42.0 Å². The van der Waals surface area contributed by atoms with Gasteiger partial charge in [0.15, 0.2) is 0 Å². The summed E-state index contributed by atoms with van der Waals surface area (Å²) >= 11 is 0. The predicted octanol–water partition coefficient (Wildman–Crippen LogP) is 2.84. The van der Waals surface area contributed by atoms with Gasteiger partial charge in [-0.2, -0.15) is 0 Å². The molecule has 0 amide bonds. The average molecular weight is 267 g/mol. The Morgan fingerprint density at radius 2 is 1.95 bits per heavy atom. The van der Waals surface area contributed by atoms with Gasteiger partial charge in [-0.15, -0.1) is 10.2 Å². The van der Waals surface area contributed by atoms with Crippen molar-refractivity contribution in [2.45, 2.75) is 25.3 Å². The van der Waals surface area contributed by atoms with Crippen LogP contribution in [0, 0.1) is 0 Å². The summed E-state index contributed by atoms with van der Waals surface area (Å²) in [5.74, 6) is 1.07. The summed E-state index contributed by atoms with van der Waals surface area (Å²) in [4.78, 5) is 0. The maximum Gasteiger partial charge on any atom is 0.247 e. The largest absolute Gasteiger partial charge is 0.420 e. The maximum atomic E-state index is 6.23. The zero-order valence-electron chi connectivity index (χ0n) is 11.6. The van der Waals surface area contributed by atoms with Crippen LogP contribution in [0.5, 0.6) is 0 Å². The third-order valence-electron chi connectivity index (χ3n) is 3.73. The van der Waals surface area contributed by atoms with Crippen LogP contribution in [0.4, 0.5) is 0 Å². The first-order valence-corrected chi connectivity index (χ1v) is 6.62. The lowest BCUT2D eigenvalue weighted by Gasteiger charge is -2.29. The highest BCUT2D eigenvalue weighted by molar-refractivity contribution is 5.52. The van der Waals surface area contributed by atoms with Gasteiger partial charge in [0.25, 0.3) is 0 Å². The normalized spacial score (nSPS) is 25.6. The van der Waals surface area contributed by atoms with Gasteiger partial charge in [0, 0.05) is 11.6 Å². The molecule has 102 valence electrons. The van der Waals surface area contributed by atoms with Gasteiger partial charge in [0.05, 0.1) is 5.41 Å². The Labute approximate surface area is 118 Å². The van der Waals surface area contributed by atoms with E-state index in [1.165, 1.54) is 0 Å². The lowest BCUT2D eigenvalue weighted by Crippen LogP contribution is -2.42. The number of allylic oxidation sites excluding steroid dienone is 2. The summed E-state index contributed by atoms with van der Waals surface area (Å²) in [5, 5.41) is 8.32. The molecule has 2 atom stereocenters. The van der Waals surface area contributed by atoms with Crippen molar-refractivity contribution in [1.82, 2.24) is 10.2 Å². The summed E-state index contributed by atoms with van der Waals surface area (Å²) < 4.78 is 5.84. The molecule has 2 aromatic rings. The summed E-state index contributed by atoms with van der Waals surface area (Å²) in [7, 11) is 0. The third kappa shape index (κ3) is 2.08. The molecule has 0 saturated heterocycles. The van der Waals surface area contributed by atoms with Crippen LogP contribution < -0.4 is 5.73 Å². The van der Waals surface area contributed by atoms with Crippen molar-refractivity contribution in [2.75, 3.05) is 0 Å². The lowest BCUT2D eigenvalue weighted by atomic mass is 9.78. The number of benzene rings is 1. The van der Waals surface area contributed by atoms with Crippen molar-refractivity contribution in [3.05, 3.63) is 60.0 Å². The van der Waals surface area contributed by atoms with E-state index < -0.39 is 5.41 Å². The monoisotopic (exact) mass is 267 g/mol. The molecule has 1 aromatic carbocycles. The Morgan fingerprint density at radius 1 is 1.20 bits per heavy atom.